The third-order valence-corrected chi connectivity index (χ3v) is 4.30. The number of nitrogens with one attached hydrogen (secondary N) is 1. The van der Waals surface area contributed by atoms with Gasteiger partial charge in [-0.3, -0.25) is 4.79 Å². The van der Waals surface area contributed by atoms with Crippen LogP contribution in [0.15, 0.2) is 12.2 Å². The lowest BCUT2D eigenvalue weighted by molar-refractivity contribution is -0.160. The Balaban J connectivity index is 2.20. The predicted molar refractivity (Wildman–Crippen MR) is 87.2 cm³/mol. The summed E-state index contributed by atoms with van der Waals surface area (Å²) in [6.07, 6.45) is 5.16. The van der Waals surface area contributed by atoms with Crippen LogP contribution in [0.25, 0.3) is 0 Å². The van der Waals surface area contributed by atoms with Crippen molar-refractivity contribution in [1.82, 2.24) is 10.2 Å². The second-order valence-corrected chi connectivity index (χ2v) is 7.23. The molecule has 2 rings (SSSR count). The minimum atomic E-state index is -0.962. The molecule has 2 atom stereocenters. The summed E-state index contributed by atoms with van der Waals surface area (Å²) in [6.45, 7) is 5.76. The lowest BCUT2D eigenvalue weighted by Gasteiger charge is -2.38. The van der Waals surface area contributed by atoms with Crippen LogP contribution < -0.4 is 5.32 Å². The van der Waals surface area contributed by atoms with Crippen LogP contribution in [0.2, 0.25) is 0 Å². The van der Waals surface area contributed by atoms with Crippen molar-refractivity contribution in [2.45, 2.75) is 63.6 Å². The van der Waals surface area contributed by atoms with Crippen molar-refractivity contribution in [3.63, 3.8) is 0 Å². The van der Waals surface area contributed by atoms with Gasteiger partial charge in [0.25, 0.3) is 0 Å². The first-order valence-electron chi connectivity index (χ1n) is 8.24. The van der Waals surface area contributed by atoms with Crippen molar-refractivity contribution in [2.75, 3.05) is 13.7 Å². The molecule has 0 radical (unpaired) electrons. The molecule has 1 fully saturated rings. The van der Waals surface area contributed by atoms with E-state index in [1.807, 2.05) is 12.2 Å². The maximum Gasteiger partial charge on any atom is 0.408 e. The van der Waals surface area contributed by atoms with E-state index in [2.05, 4.69) is 5.32 Å². The summed E-state index contributed by atoms with van der Waals surface area (Å²) in [5.41, 5.74) is -1.61. The van der Waals surface area contributed by atoms with E-state index in [0.29, 0.717) is 25.8 Å². The average molecular weight is 338 g/mol. The maximum absolute atomic E-state index is 12.9. The van der Waals surface area contributed by atoms with E-state index in [0.717, 1.165) is 6.42 Å². The van der Waals surface area contributed by atoms with Crippen LogP contribution in [0.5, 0.6) is 0 Å². The minimum Gasteiger partial charge on any atom is -0.467 e. The predicted octanol–water partition coefficient (Wildman–Crippen LogP) is 1.76. The van der Waals surface area contributed by atoms with Gasteiger partial charge in [-0.2, -0.15) is 0 Å². The lowest BCUT2D eigenvalue weighted by Crippen LogP contribution is -2.59. The zero-order valence-corrected chi connectivity index (χ0v) is 14.8. The summed E-state index contributed by atoms with van der Waals surface area (Å²) in [4.78, 5) is 38.8. The van der Waals surface area contributed by atoms with Gasteiger partial charge >= 0.3 is 12.1 Å². The highest BCUT2D eigenvalue weighted by Gasteiger charge is 2.51. The summed E-state index contributed by atoms with van der Waals surface area (Å²) in [5.74, 6) is -0.677. The van der Waals surface area contributed by atoms with Crippen molar-refractivity contribution in [3.8, 4) is 0 Å². The Hall–Kier alpha value is -2.05. The largest absolute Gasteiger partial charge is 0.467 e. The fraction of sp³-hybridized carbons (Fsp3) is 0.706. The lowest BCUT2D eigenvalue weighted by atomic mass is 9.89. The molecule has 0 spiro atoms. The van der Waals surface area contributed by atoms with Crippen molar-refractivity contribution < 1.29 is 23.9 Å². The SMILES string of the molecule is COC(=O)[C@@]12CC=CC[C@H](NC(=O)OC(C)(C)C)C(=O)N1CCC2. The molecule has 1 N–H and O–H groups in total. The van der Waals surface area contributed by atoms with Gasteiger partial charge in [0.15, 0.2) is 0 Å². The molecule has 0 saturated carbocycles. The molecule has 134 valence electrons. The summed E-state index contributed by atoms with van der Waals surface area (Å²) in [6, 6.07) is -0.751. The fourth-order valence-corrected chi connectivity index (χ4v) is 3.27. The fourth-order valence-electron chi connectivity index (χ4n) is 3.27. The zero-order chi connectivity index (χ0) is 18.0. The van der Waals surface area contributed by atoms with Crippen LogP contribution in [0.4, 0.5) is 4.79 Å². The number of nitrogens with zero attached hydrogens (tertiary/aromatic N) is 1. The first-order valence-corrected chi connectivity index (χ1v) is 8.24. The number of hydrogen-bond donors (Lipinski definition) is 1. The van der Waals surface area contributed by atoms with Gasteiger partial charge in [0.05, 0.1) is 7.11 Å². The standard InChI is InChI=1S/C17H26N2O5/c1-16(2,3)24-15(22)18-12-8-5-6-9-17(14(21)23-4)10-7-11-19(17)13(12)20/h5-6,12H,7-11H2,1-4H3,(H,18,22)/t12-,17-/m0/s1. The molecule has 24 heavy (non-hydrogen) atoms. The second-order valence-electron chi connectivity index (χ2n) is 7.23. The minimum absolute atomic E-state index is 0.270. The molecule has 7 nitrogen and oxygen atoms in total. The highest BCUT2D eigenvalue weighted by Crippen LogP contribution is 2.36. The zero-order valence-electron chi connectivity index (χ0n) is 14.8. The molecule has 0 aromatic carbocycles. The summed E-state index contributed by atoms with van der Waals surface area (Å²) in [7, 11) is 1.33. The van der Waals surface area contributed by atoms with Crippen LogP contribution in [0.1, 0.15) is 46.5 Å². The third kappa shape index (κ3) is 3.71. The van der Waals surface area contributed by atoms with Gasteiger partial charge in [0.1, 0.15) is 17.2 Å². The van der Waals surface area contributed by atoms with Gasteiger partial charge in [-0.1, -0.05) is 12.2 Å². The molecular formula is C17H26N2O5. The molecule has 0 aromatic rings. The first kappa shape index (κ1) is 18.3. The van der Waals surface area contributed by atoms with E-state index in [4.69, 9.17) is 9.47 Å². The van der Waals surface area contributed by atoms with E-state index >= 15 is 0 Å². The van der Waals surface area contributed by atoms with Crippen LogP contribution in [-0.4, -0.2) is 53.7 Å². The second kappa shape index (κ2) is 6.83. The number of carbonyl (C=O) groups excluding carboxylic acids is 3. The smallest absolute Gasteiger partial charge is 0.408 e. The van der Waals surface area contributed by atoms with E-state index in [1.165, 1.54) is 7.11 Å². The number of alkyl carbamates (subject to hydrolysis) is 1. The summed E-state index contributed by atoms with van der Waals surface area (Å²) >= 11 is 0. The van der Waals surface area contributed by atoms with Gasteiger partial charge in [-0.15, -0.1) is 0 Å². The Kier molecular flexibility index (Phi) is 5.20. The van der Waals surface area contributed by atoms with Crippen LogP contribution in [0.3, 0.4) is 0 Å². The number of amides is 2. The van der Waals surface area contributed by atoms with Crippen molar-refractivity contribution >= 4 is 18.0 Å². The number of carbonyl (C=O) groups is 3. The Morgan fingerprint density at radius 2 is 2.04 bits per heavy atom. The van der Waals surface area contributed by atoms with Gasteiger partial charge in [0, 0.05) is 6.54 Å². The van der Waals surface area contributed by atoms with Gasteiger partial charge < -0.3 is 19.7 Å². The van der Waals surface area contributed by atoms with Crippen molar-refractivity contribution in [2.24, 2.45) is 0 Å². The Bertz CT molecular complexity index is 552. The number of fused-ring (bicyclic) bond motifs is 1. The summed E-state index contributed by atoms with van der Waals surface area (Å²) < 4.78 is 10.2. The van der Waals surface area contributed by atoms with Crippen LogP contribution >= 0.6 is 0 Å². The van der Waals surface area contributed by atoms with Gasteiger partial charge in [0.2, 0.25) is 5.91 Å². The van der Waals surface area contributed by atoms with Crippen LogP contribution in [-0.2, 0) is 19.1 Å². The number of methoxy groups -OCH3 is 1. The Morgan fingerprint density at radius 3 is 2.67 bits per heavy atom. The normalized spacial score (nSPS) is 27.1. The van der Waals surface area contributed by atoms with Crippen LogP contribution in [0, 0.1) is 0 Å². The molecule has 7 heteroatoms. The topological polar surface area (TPSA) is 84.9 Å². The quantitative estimate of drug-likeness (QED) is 0.613. The third-order valence-electron chi connectivity index (χ3n) is 4.30. The average Bonchev–Trinajstić information content (AvgIpc) is 2.90. The molecule has 0 aromatic heterocycles. The monoisotopic (exact) mass is 338 g/mol. The molecule has 2 amide bonds. The van der Waals surface area contributed by atoms with Gasteiger partial charge in [-0.25, -0.2) is 9.59 Å². The van der Waals surface area contributed by atoms with E-state index in [-0.39, 0.29) is 5.91 Å². The van der Waals surface area contributed by atoms with E-state index in [9.17, 15) is 14.4 Å². The van der Waals surface area contributed by atoms with Crippen molar-refractivity contribution in [3.05, 3.63) is 12.2 Å². The summed E-state index contributed by atoms with van der Waals surface area (Å²) in [5, 5.41) is 2.62. The molecule has 2 aliphatic heterocycles. The molecule has 0 unspecified atom stereocenters. The Labute approximate surface area is 142 Å². The molecule has 0 aliphatic carbocycles. The van der Waals surface area contributed by atoms with Crippen molar-refractivity contribution in [1.29, 1.82) is 0 Å². The van der Waals surface area contributed by atoms with Gasteiger partial charge in [-0.05, 0) is 46.5 Å². The highest BCUT2D eigenvalue weighted by atomic mass is 16.6. The number of ether oxygens (including phenoxy) is 2. The molecule has 2 aliphatic rings. The molecule has 0 bridgehead atoms. The number of hydrogen-bond acceptors (Lipinski definition) is 5. The van der Waals surface area contributed by atoms with E-state index in [1.54, 1.807) is 25.7 Å². The van der Waals surface area contributed by atoms with E-state index < -0.39 is 29.2 Å². The number of esters is 1. The molecule has 2 heterocycles. The molecule has 1 saturated heterocycles. The maximum atomic E-state index is 12.9. The highest BCUT2D eigenvalue weighted by molar-refractivity contribution is 5.93. The molecular weight excluding hydrogens is 312 g/mol. The first-order chi connectivity index (χ1) is 11.2. The Morgan fingerprint density at radius 1 is 1.33 bits per heavy atom. The number of rotatable bonds is 2.